The van der Waals surface area contributed by atoms with Crippen molar-refractivity contribution in [3.8, 4) is 44.5 Å². The summed E-state index contributed by atoms with van der Waals surface area (Å²) >= 11 is 3.87. The van der Waals surface area contributed by atoms with Crippen LogP contribution < -0.4 is 0 Å². The Labute approximate surface area is 428 Å². The zero-order valence-corrected chi connectivity index (χ0v) is 42.4. The Balaban J connectivity index is 0.000000128. The van der Waals surface area contributed by atoms with Crippen LogP contribution in [0.25, 0.3) is 84.9 Å². The van der Waals surface area contributed by atoms with Crippen LogP contribution in [0, 0.1) is 0 Å². The van der Waals surface area contributed by atoms with Crippen molar-refractivity contribution in [2.45, 2.75) is 23.9 Å². The van der Waals surface area contributed by atoms with E-state index in [4.69, 9.17) is 0 Å². The first-order valence-electron chi connectivity index (χ1n) is 25.2. The number of benzene rings is 10. The molecule has 72 heavy (non-hydrogen) atoms. The molecule has 0 radical (unpaired) electrons. The van der Waals surface area contributed by atoms with Gasteiger partial charge in [-0.15, -0.1) is 22.7 Å². The molecule has 2 nitrogen and oxygen atoms in total. The average molecular weight is 959 g/mol. The minimum absolute atomic E-state index is 0.315. The van der Waals surface area contributed by atoms with Gasteiger partial charge in [-0.1, -0.05) is 188 Å². The Kier molecular flexibility index (Phi) is 9.12. The second-order valence-electron chi connectivity index (χ2n) is 20.8. The van der Waals surface area contributed by atoms with Crippen molar-refractivity contribution >= 4 is 63.0 Å². The first kappa shape index (κ1) is 42.3. The van der Waals surface area contributed by atoms with Crippen LogP contribution in [-0.2, 0) is 23.9 Å². The van der Waals surface area contributed by atoms with Gasteiger partial charge >= 0.3 is 0 Å². The summed E-state index contributed by atoms with van der Waals surface area (Å²) in [6.45, 7) is 1.83. The van der Waals surface area contributed by atoms with E-state index in [1.807, 2.05) is 22.7 Å². The van der Waals surface area contributed by atoms with Crippen molar-refractivity contribution in [3.05, 3.63) is 262 Å². The number of nitrogens with zero attached hydrogens (tertiary/aromatic N) is 2. The minimum Gasteiger partial charge on any atom is -0.305 e. The molecule has 2 spiro atoms. The summed E-state index contributed by atoms with van der Waals surface area (Å²) in [5.74, 6) is 0. The Morgan fingerprint density at radius 1 is 0.306 bits per heavy atom. The molecule has 0 saturated carbocycles. The van der Waals surface area contributed by atoms with E-state index in [0.29, 0.717) is 0 Å². The van der Waals surface area contributed by atoms with Crippen molar-refractivity contribution < 1.29 is 0 Å². The van der Waals surface area contributed by atoms with Crippen LogP contribution >= 0.6 is 22.7 Å². The maximum atomic E-state index is 2.39. The normalized spacial score (nSPS) is 17.1. The van der Waals surface area contributed by atoms with E-state index in [-0.39, 0.29) is 10.8 Å². The molecule has 0 aliphatic heterocycles. The van der Waals surface area contributed by atoms with Crippen LogP contribution in [0.4, 0.5) is 0 Å². The molecule has 0 saturated heterocycles. The lowest BCUT2D eigenvalue weighted by Gasteiger charge is -2.33. The molecule has 2 unspecified atom stereocenters. The third-order valence-corrected chi connectivity index (χ3v) is 18.7. The van der Waals surface area contributed by atoms with Crippen LogP contribution in [0.5, 0.6) is 0 Å². The lowest BCUT2D eigenvalue weighted by atomic mass is 9.68. The van der Waals surface area contributed by atoms with E-state index in [1.54, 1.807) is 0 Å². The monoisotopic (exact) mass is 958 g/mol. The van der Waals surface area contributed by atoms with Gasteiger partial charge in [0.15, 0.2) is 0 Å². The second-order valence-corrected chi connectivity index (χ2v) is 22.9. The van der Waals surface area contributed by atoms with Gasteiger partial charge in [0, 0.05) is 53.4 Å². The van der Waals surface area contributed by atoms with Gasteiger partial charge in [0.1, 0.15) is 0 Å². The molecule has 2 aromatic heterocycles. The van der Waals surface area contributed by atoms with E-state index in [2.05, 4.69) is 244 Å². The molecular formula is C68H50N2S2. The van der Waals surface area contributed by atoms with E-state index in [9.17, 15) is 0 Å². The quantitative estimate of drug-likeness (QED) is 0.173. The van der Waals surface area contributed by atoms with Gasteiger partial charge in [0.05, 0.1) is 10.8 Å². The van der Waals surface area contributed by atoms with Crippen molar-refractivity contribution in [1.82, 2.24) is 9.80 Å². The highest BCUT2D eigenvalue weighted by Gasteiger charge is 2.55. The fraction of sp³-hybridized carbons (Fsp3) is 0.118. The maximum Gasteiger partial charge on any atom is 0.0742 e. The van der Waals surface area contributed by atoms with E-state index >= 15 is 0 Å². The van der Waals surface area contributed by atoms with Gasteiger partial charge in [-0.3, -0.25) is 0 Å². The van der Waals surface area contributed by atoms with E-state index < -0.39 is 0 Å². The molecule has 12 aromatic rings. The lowest BCUT2D eigenvalue weighted by Crippen LogP contribution is -2.28. The Hall–Kier alpha value is -7.44. The van der Waals surface area contributed by atoms with Gasteiger partial charge in [0.25, 0.3) is 0 Å². The Bertz CT molecular complexity index is 4230. The van der Waals surface area contributed by atoms with Crippen LogP contribution in [0.2, 0.25) is 0 Å². The molecule has 0 fully saturated rings. The fourth-order valence-electron chi connectivity index (χ4n) is 14.1. The van der Waals surface area contributed by atoms with Crippen LogP contribution in [0.1, 0.15) is 55.6 Å². The van der Waals surface area contributed by atoms with Crippen molar-refractivity contribution in [1.29, 1.82) is 0 Å². The van der Waals surface area contributed by atoms with Gasteiger partial charge < -0.3 is 9.80 Å². The molecule has 2 atom stereocenters. The van der Waals surface area contributed by atoms with E-state index in [0.717, 1.165) is 13.1 Å². The zero-order chi connectivity index (χ0) is 48.0. The van der Waals surface area contributed by atoms with Crippen molar-refractivity contribution in [3.63, 3.8) is 0 Å². The number of thiophene rings is 2. The van der Waals surface area contributed by atoms with E-state index in [1.165, 1.54) is 140 Å². The standard InChI is InChI=1S/2C34H25NS/c1-35(2)20-21-10-9-14-24-22-11-3-6-15-27(22)34(32(21)24)28-16-7-4-12-23(28)25-18-19-30-31(33(25)34)26-13-5-8-17-29(26)36-30;1-35(2)20-21-10-9-14-25-22-11-3-6-15-28(22)34(31(21)25)29-16-7-4-12-23(29)26-18-19-27-24-13-5-8-17-30(24)36-33(27)32(26)34/h2*3-19H,20H2,1-2H3. The summed E-state index contributed by atoms with van der Waals surface area (Å²) in [7, 11) is 8.70. The summed E-state index contributed by atoms with van der Waals surface area (Å²) in [4.78, 5) is 4.60. The predicted molar refractivity (Wildman–Crippen MR) is 306 cm³/mol. The molecule has 2 heterocycles. The SMILES string of the molecule is CN(C)Cc1cccc2c1C1(c3ccccc3-2)c2ccccc2-c2ccc3c(sc4ccccc43)c21.CN(C)Cc1cccc2c1C1(c3ccccc3-2)c2ccccc2-c2ccc3sc4ccccc4c3c21. The number of fused-ring (bicyclic) bond motifs is 28. The fourth-order valence-corrected chi connectivity index (χ4v) is 16.5. The van der Waals surface area contributed by atoms with Crippen molar-refractivity contribution in [2.24, 2.45) is 0 Å². The van der Waals surface area contributed by atoms with Crippen molar-refractivity contribution in [2.75, 3.05) is 28.2 Å². The number of rotatable bonds is 4. The molecule has 4 aliphatic rings. The highest BCUT2D eigenvalue weighted by Crippen LogP contribution is 2.67. The number of hydrogen-bond acceptors (Lipinski definition) is 4. The summed E-state index contributed by atoms with van der Waals surface area (Å²) in [6, 6.07) is 77.7. The molecule has 0 N–H and O–H groups in total. The summed E-state index contributed by atoms with van der Waals surface area (Å²) in [5, 5.41) is 5.53. The topological polar surface area (TPSA) is 6.48 Å². The third kappa shape index (κ3) is 5.45. The molecule has 16 rings (SSSR count). The summed E-state index contributed by atoms with van der Waals surface area (Å²) in [5.41, 5.74) is 24.7. The second kappa shape index (κ2) is 15.5. The third-order valence-electron chi connectivity index (χ3n) is 16.3. The largest absolute Gasteiger partial charge is 0.305 e. The average Bonchev–Trinajstić information content (AvgIpc) is 4.24. The zero-order valence-electron chi connectivity index (χ0n) is 40.8. The lowest BCUT2D eigenvalue weighted by molar-refractivity contribution is 0.400. The first-order chi connectivity index (χ1) is 35.4. The number of hydrogen-bond donors (Lipinski definition) is 0. The highest BCUT2D eigenvalue weighted by atomic mass is 32.1. The summed E-state index contributed by atoms with van der Waals surface area (Å²) < 4.78 is 5.52. The molecular weight excluding hydrogens is 909 g/mol. The molecule has 4 aliphatic carbocycles. The smallest absolute Gasteiger partial charge is 0.0742 e. The molecule has 10 aromatic carbocycles. The summed E-state index contributed by atoms with van der Waals surface area (Å²) in [6.07, 6.45) is 0. The minimum atomic E-state index is -0.326. The van der Waals surface area contributed by atoms with Crippen LogP contribution in [0.15, 0.2) is 206 Å². The molecule has 0 bridgehead atoms. The maximum absolute atomic E-state index is 2.39. The predicted octanol–water partition coefficient (Wildman–Crippen LogP) is 16.9. The molecule has 344 valence electrons. The highest BCUT2D eigenvalue weighted by molar-refractivity contribution is 7.26. The van der Waals surface area contributed by atoms with Gasteiger partial charge in [-0.05, 0) is 147 Å². The van der Waals surface area contributed by atoms with Crippen LogP contribution in [0.3, 0.4) is 0 Å². The first-order valence-corrected chi connectivity index (χ1v) is 26.9. The Morgan fingerprint density at radius 3 is 1.24 bits per heavy atom. The van der Waals surface area contributed by atoms with Gasteiger partial charge in [-0.2, -0.15) is 0 Å². The van der Waals surface area contributed by atoms with Gasteiger partial charge in [0.2, 0.25) is 0 Å². The molecule has 4 heteroatoms. The Morgan fingerprint density at radius 2 is 0.708 bits per heavy atom. The van der Waals surface area contributed by atoms with Gasteiger partial charge in [-0.25, -0.2) is 0 Å². The molecule has 0 amide bonds. The van der Waals surface area contributed by atoms with Crippen LogP contribution in [-0.4, -0.2) is 38.0 Å².